The molecule has 2 heterocycles. The van der Waals surface area contributed by atoms with Crippen LogP contribution in [0, 0.1) is 0 Å². The number of rotatable bonds is 2. The zero-order valence-electron chi connectivity index (χ0n) is 9.39. The van der Waals surface area contributed by atoms with Crippen LogP contribution in [0.5, 0.6) is 0 Å². The fourth-order valence-electron chi connectivity index (χ4n) is 1.88. The molecule has 0 amide bonds. The Hall–Kier alpha value is -2.14. The van der Waals surface area contributed by atoms with Crippen LogP contribution >= 0.6 is 0 Å². The van der Waals surface area contributed by atoms with Gasteiger partial charge < -0.3 is 0 Å². The summed E-state index contributed by atoms with van der Waals surface area (Å²) in [4.78, 5) is 4.38. The van der Waals surface area contributed by atoms with E-state index in [1.54, 1.807) is 36.5 Å². The van der Waals surface area contributed by atoms with Crippen LogP contribution in [-0.4, -0.2) is 17.4 Å². The fraction of sp³-hybridized carbons (Fsp3) is 0. The van der Waals surface area contributed by atoms with E-state index in [0.717, 1.165) is 5.39 Å². The molecule has 0 atom stereocenters. The van der Waals surface area contributed by atoms with Crippen molar-refractivity contribution in [3.8, 4) is 0 Å². The molecule has 0 saturated heterocycles. The van der Waals surface area contributed by atoms with Gasteiger partial charge in [-0.3, -0.25) is 4.98 Å². The standard InChI is InChI=1S/C13H10N2O2S/c16-18(17,15-9-1-2-10-15)12-7-3-5-11-6-4-8-14-13(11)12/h1-10H. The number of para-hydroxylation sites is 1. The maximum absolute atomic E-state index is 12.4. The molecular formula is C13H10N2O2S. The van der Waals surface area contributed by atoms with E-state index in [-0.39, 0.29) is 4.90 Å². The van der Waals surface area contributed by atoms with Gasteiger partial charge in [0.15, 0.2) is 0 Å². The van der Waals surface area contributed by atoms with E-state index >= 15 is 0 Å². The first-order valence-electron chi connectivity index (χ1n) is 5.42. The average molecular weight is 258 g/mol. The summed E-state index contributed by atoms with van der Waals surface area (Å²) in [7, 11) is -3.57. The molecule has 0 aliphatic rings. The fourth-order valence-corrected chi connectivity index (χ4v) is 3.23. The van der Waals surface area contributed by atoms with Crippen molar-refractivity contribution < 1.29 is 8.42 Å². The predicted octanol–water partition coefficient (Wildman–Crippen LogP) is 2.27. The number of hydrogen-bond acceptors (Lipinski definition) is 3. The lowest BCUT2D eigenvalue weighted by molar-refractivity contribution is 0.588. The summed E-state index contributed by atoms with van der Waals surface area (Å²) >= 11 is 0. The van der Waals surface area contributed by atoms with Crippen molar-refractivity contribution in [2.45, 2.75) is 4.90 Å². The van der Waals surface area contributed by atoms with Crippen LogP contribution in [0.1, 0.15) is 0 Å². The monoisotopic (exact) mass is 258 g/mol. The quantitative estimate of drug-likeness (QED) is 0.708. The largest absolute Gasteiger partial charge is 0.269 e. The Bertz CT molecular complexity index is 787. The highest BCUT2D eigenvalue weighted by Crippen LogP contribution is 2.22. The predicted molar refractivity (Wildman–Crippen MR) is 68.8 cm³/mol. The van der Waals surface area contributed by atoms with Crippen LogP contribution in [0.3, 0.4) is 0 Å². The van der Waals surface area contributed by atoms with Crippen molar-refractivity contribution in [2.24, 2.45) is 0 Å². The van der Waals surface area contributed by atoms with Gasteiger partial charge in [-0.05, 0) is 24.3 Å². The van der Waals surface area contributed by atoms with Crippen LogP contribution in [0.15, 0.2) is 66.0 Å². The molecule has 3 aromatic rings. The Labute approximate surface area is 105 Å². The Morgan fingerprint density at radius 3 is 2.44 bits per heavy atom. The molecule has 0 unspecified atom stereocenters. The van der Waals surface area contributed by atoms with Gasteiger partial charge in [0, 0.05) is 24.0 Å². The smallest absolute Gasteiger partial charge is 0.255 e. The molecule has 90 valence electrons. The molecule has 5 heteroatoms. The van der Waals surface area contributed by atoms with Crippen molar-refractivity contribution in [3.05, 3.63) is 61.1 Å². The Morgan fingerprint density at radius 2 is 1.67 bits per heavy atom. The van der Waals surface area contributed by atoms with Crippen LogP contribution in [0.2, 0.25) is 0 Å². The summed E-state index contributed by atoms with van der Waals surface area (Å²) in [5.74, 6) is 0. The summed E-state index contributed by atoms with van der Waals surface area (Å²) in [5.41, 5.74) is 0.494. The molecule has 0 bridgehead atoms. The van der Waals surface area contributed by atoms with E-state index < -0.39 is 10.0 Å². The molecule has 0 aliphatic heterocycles. The minimum Gasteiger partial charge on any atom is -0.255 e. The molecule has 0 radical (unpaired) electrons. The van der Waals surface area contributed by atoms with Crippen molar-refractivity contribution in [1.29, 1.82) is 0 Å². The molecular weight excluding hydrogens is 248 g/mol. The Balaban J connectivity index is 2.34. The van der Waals surface area contributed by atoms with E-state index in [4.69, 9.17) is 0 Å². The lowest BCUT2D eigenvalue weighted by atomic mass is 10.2. The number of benzene rings is 1. The van der Waals surface area contributed by atoms with Gasteiger partial charge in [-0.2, -0.15) is 0 Å². The van der Waals surface area contributed by atoms with Gasteiger partial charge in [0.25, 0.3) is 10.0 Å². The summed E-state index contributed by atoms with van der Waals surface area (Å²) in [5, 5.41) is 0.811. The first kappa shape index (κ1) is 11.0. The molecule has 0 aliphatic carbocycles. The number of fused-ring (bicyclic) bond motifs is 1. The first-order valence-corrected chi connectivity index (χ1v) is 6.86. The maximum atomic E-state index is 12.4. The van der Waals surface area contributed by atoms with Crippen LogP contribution in [0.25, 0.3) is 10.9 Å². The number of nitrogens with zero attached hydrogens (tertiary/aromatic N) is 2. The topological polar surface area (TPSA) is 52.0 Å². The molecule has 18 heavy (non-hydrogen) atoms. The number of hydrogen-bond donors (Lipinski definition) is 0. The second kappa shape index (κ2) is 3.96. The molecule has 0 saturated carbocycles. The van der Waals surface area contributed by atoms with Gasteiger partial charge >= 0.3 is 0 Å². The third-order valence-corrected chi connectivity index (χ3v) is 4.41. The zero-order valence-corrected chi connectivity index (χ0v) is 10.2. The van der Waals surface area contributed by atoms with Crippen LogP contribution in [-0.2, 0) is 10.0 Å². The molecule has 4 nitrogen and oxygen atoms in total. The Morgan fingerprint density at radius 1 is 0.944 bits per heavy atom. The highest BCUT2D eigenvalue weighted by Gasteiger charge is 2.19. The van der Waals surface area contributed by atoms with Gasteiger partial charge in [-0.15, -0.1) is 0 Å². The molecule has 2 aromatic heterocycles. The van der Waals surface area contributed by atoms with Crippen molar-refractivity contribution in [1.82, 2.24) is 8.96 Å². The van der Waals surface area contributed by atoms with Gasteiger partial charge in [-0.25, -0.2) is 12.4 Å². The average Bonchev–Trinajstić information content (AvgIpc) is 2.92. The molecule has 3 rings (SSSR count). The highest BCUT2D eigenvalue weighted by molar-refractivity contribution is 7.90. The Kier molecular flexibility index (Phi) is 2.41. The number of aromatic nitrogens is 2. The van der Waals surface area contributed by atoms with Gasteiger partial charge in [0.2, 0.25) is 0 Å². The van der Waals surface area contributed by atoms with Gasteiger partial charge in [0.1, 0.15) is 4.90 Å². The number of pyridine rings is 1. The second-order valence-electron chi connectivity index (χ2n) is 3.85. The van der Waals surface area contributed by atoms with Crippen molar-refractivity contribution in [2.75, 3.05) is 0 Å². The van der Waals surface area contributed by atoms with E-state index in [1.807, 2.05) is 12.1 Å². The summed E-state index contributed by atoms with van der Waals surface area (Å²) in [6, 6.07) is 12.1. The SMILES string of the molecule is O=S(=O)(c1cccc2cccnc12)n1cccc1. The summed E-state index contributed by atoms with van der Waals surface area (Å²) in [6.45, 7) is 0. The molecule has 0 fully saturated rings. The zero-order chi connectivity index (χ0) is 12.6. The van der Waals surface area contributed by atoms with Gasteiger partial charge in [-0.1, -0.05) is 18.2 Å². The van der Waals surface area contributed by atoms with Crippen molar-refractivity contribution in [3.63, 3.8) is 0 Å². The highest BCUT2D eigenvalue weighted by atomic mass is 32.2. The normalized spacial score (nSPS) is 11.8. The molecule has 1 aromatic carbocycles. The minimum atomic E-state index is -3.57. The van der Waals surface area contributed by atoms with Crippen molar-refractivity contribution >= 4 is 20.9 Å². The van der Waals surface area contributed by atoms with E-state index in [0.29, 0.717) is 5.52 Å². The van der Waals surface area contributed by atoms with Gasteiger partial charge in [0.05, 0.1) is 5.52 Å². The third kappa shape index (κ3) is 1.60. The first-order chi connectivity index (χ1) is 8.69. The van der Waals surface area contributed by atoms with Crippen LogP contribution < -0.4 is 0 Å². The van der Waals surface area contributed by atoms with E-state index in [1.165, 1.54) is 16.4 Å². The third-order valence-electron chi connectivity index (χ3n) is 2.73. The van der Waals surface area contributed by atoms with E-state index in [2.05, 4.69) is 4.98 Å². The summed E-state index contributed by atoms with van der Waals surface area (Å²) < 4.78 is 26.1. The lowest BCUT2D eigenvalue weighted by Crippen LogP contribution is -2.11. The van der Waals surface area contributed by atoms with Crippen LogP contribution in [0.4, 0.5) is 0 Å². The molecule has 0 spiro atoms. The molecule has 0 N–H and O–H groups in total. The van der Waals surface area contributed by atoms with E-state index in [9.17, 15) is 8.42 Å². The maximum Gasteiger partial charge on any atom is 0.269 e. The summed E-state index contributed by atoms with van der Waals surface area (Å²) in [6.07, 6.45) is 4.62. The minimum absolute atomic E-state index is 0.219. The lowest BCUT2D eigenvalue weighted by Gasteiger charge is -2.07. The second-order valence-corrected chi connectivity index (χ2v) is 5.66.